The second-order valence-corrected chi connectivity index (χ2v) is 5.94. The number of hydrogen-bond donors (Lipinski definition) is 1. The Hall–Kier alpha value is -1.17. The average molecular weight is 312 g/mol. The fourth-order valence-corrected chi connectivity index (χ4v) is 3.08. The van der Waals surface area contributed by atoms with Gasteiger partial charge >= 0.3 is 0 Å². The minimum absolute atomic E-state index is 0.114. The second-order valence-electron chi connectivity index (χ2n) is 5.53. The first-order chi connectivity index (χ1) is 10.1. The number of benzene rings is 1. The van der Waals surface area contributed by atoms with Crippen molar-refractivity contribution in [3.8, 4) is 0 Å². The number of rotatable bonds is 6. The molecule has 1 saturated heterocycles. The van der Waals surface area contributed by atoms with E-state index in [2.05, 4.69) is 17.1 Å². The Kier molecular flexibility index (Phi) is 5.96. The molecule has 5 nitrogen and oxygen atoms in total. The van der Waals surface area contributed by atoms with Gasteiger partial charge in [0.1, 0.15) is 0 Å². The Morgan fingerprint density at radius 1 is 1.52 bits per heavy atom. The van der Waals surface area contributed by atoms with Gasteiger partial charge in [0.05, 0.1) is 15.5 Å². The summed E-state index contributed by atoms with van der Waals surface area (Å²) in [4.78, 5) is 13.0. The van der Waals surface area contributed by atoms with Crippen LogP contribution in [-0.4, -0.2) is 36.0 Å². The summed E-state index contributed by atoms with van der Waals surface area (Å²) in [5, 5.41) is 15.0. The van der Waals surface area contributed by atoms with Crippen molar-refractivity contribution in [1.82, 2.24) is 10.2 Å². The summed E-state index contributed by atoms with van der Waals surface area (Å²) in [6.07, 6.45) is 2.42. The highest BCUT2D eigenvalue weighted by Crippen LogP contribution is 2.28. The van der Waals surface area contributed by atoms with E-state index in [4.69, 9.17) is 11.6 Å². The molecule has 0 radical (unpaired) electrons. The quantitative estimate of drug-likeness (QED) is 0.648. The van der Waals surface area contributed by atoms with Crippen LogP contribution in [0.1, 0.15) is 25.3 Å². The van der Waals surface area contributed by atoms with Gasteiger partial charge in [0.2, 0.25) is 0 Å². The van der Waals surface area contributed by atoms with Gasteiger partial charge in [0.15, 0.2) is 0 Å². The second kappa shape index (κ2) is 7.73. The van der Waals surface area contributed by atoms with Gasteiger partial charge in [-0.05, 0) is 44.5 Å². The summed E-state index contributed by atoms with van der Waals surface area (Å²) < 4.78 is 0. The molecule has 1 aliphatic rings. The van der Waals surface area contributed by atoms with Crippen LogP contribution in [-0.2, 0) is 6.54 Å². The average Bonchev–Trinajstić information content (AvgIpc) is 2.49. The molecule has 1 N–H and O–H groups in total. The van der Waals surface area contributed by atoms with Crippen molar-refractivity contribution in [3.05, 3.63) is 38.9 Å². The summed E-state index contributed by atoms with van der Waals surface area (Å²) in [5.74, 6) is 0.611. The van der Waals surface area contributed by atoms with Crippen LogP contribution >= 0.6 is 11.6 Å². The molecular formula is C15H22ClN3O2. The van der Waals surface area contributed by atoms with E-state index in [1.807, 2.05) is 0 Å². The molecule has 0 aliphatic carbocycles. The van der Waals surface area contributed by atoms with Crippen LogP contribution in [0.3, 0.4) is 0 Å². The zero-order valence-electron chi connectivity index (χ0n) is 12.3. The van der Waals surface area contributed by atoms with Gasteiger partial charge in [0, 0.05) is 19.2 Å². The lowest BCUT2D eigenvalue weighted by Gasteiger charge is -2.29. The van der Waals surface area contributed by atoms with E-state index >= 15 is 0 Å². The van der Waals surface area contributed by atoms with Crippen molar-refractivity contribution in [1.29, 1.82) is 0 Å². The van der Waals surface area contributed by atoms with Gasteiger partial charge in [-0.2, -0.15) is 0 Å². The molecule has 0 aromatic heterocycles. The molecule has 116 valence electrons. The van der Waals surface area contributed by atoms with Crippen LogP contribution in [0.5, 0.6) is 0 Å². The van der Waals surface area contributed by atoms with Gasteiger partial charge in [-0.3, -0.25) is 15.0 Å². The lowest BCUT2D eigenvalue weighted by atomic mass is 9.99. The molecule has 0 amide bonds. The summed E-state index contributed by atoms with van der Waals surface area (Å²) in [6, 6.07) is 4.88. The van der Waals surface area contributed by atoms with Gasteiger partial charge in [-0.1, -0.05) is 24.6 Å². The molecule has 0 bridgehead atoms. The first kappa shape index (κ1) is 16.2. The third-order valence-corrected chi connectivity index (χ3v) is 4.39. The number of piperidine rings is 1. The highest BCUT2D eigenvalue weighted by Gasteiger charge is 2.21. The topological polar surface area (TPSA) is 58.4 Å². The number of nitro benzene ring substituents is 1. The van der Waals surface area contributed by atoms with Crippen LogP contribution in [0.25, 0.3) is 0 Å². The van der Waals surface area contributed by atoms with Crippen LogP contribution in [0.2, 0.25) is 5.02 Å². The molecule has 1 heterocycles. The molecule has 1 unspecified atom stereocenters. The van der Waals surface area contributed by atoms with E-state index in [-0.39, 0.29) is 10.6 Å². The third-order valence-electron chi connectivity index (χ3n) is 4.04. The van der Waals surface area contributed by atoms with Gasteiger partial charge in [-0.25, -0.2) is 0 Å². The molecule has 1 aromatic carbocycles. The number of nitrogens with one attached hydrogen (secondary N) is 1. The Morgan fingerprint density at radius 2 is 2.33 bits per heavy atom. The Balaban J connectivity index is 2.09. The highest BCUT2D eigenvalue weighted by atomic mass is 35.5. The van der Waals surface area contributed by atoms with Crippen molar-refractivity contribution in [2.45, 2.75) is 26.3 Å². The number of hydrogen-bond acceptors (Lipinski definition) is 4. The smallest absolute Gasteiger partial charge is 0.275 e. The summed E-state index contributed by atoms with van der Waals surface area (Å²) >= 11 is 6.17. The summed E-state index contributed by atoms with van der Waals surface area (Å²) in [7, 11) is 0. The van der Waals surface area contributed by atoms with E-state index in [0.717, 1.165) is 26.2 Å². The normalized spacial score (nSPS) is 18.9. The van der Waals surface area contributed by atoms with Crippen molar-refractivity contribution in [2.75, 3.05) is 26.2 Å². The van der Waals surface area contributed by atoms with E-state index in [1.54, 1.807) is 12.1 Å². The Labute approximate surface area is 130 Å². The van der Waals surface area contributed by atoms with Crippen LogP contribution in [0.15, 0.2) is 18.2 Å². The molecular weight excluding hydrogens is 290 g/mol. The molecule has 2 rings (SSSR count). The van der Waals surface area contributed by atoms with E-state index in [1.165, 1.54) is 18.9 Å². The molecule has 1 aliphatic heterocycles. The fraction of sp³-hybridized carbons (Fsp3) is 0.600. The molecule has 1 aromatic rings. The molecule has 0 saturated carbocycles. The monoisotopic (exact) mass is 311 g/mol. The predicted molar refractivity (Wildman–Crippen MR) is 84.7 cm³/mol. The largest absolute Gasteiger partial charge is 0.316 e. The van der Waals surface area contributed by atoms with E-state index in [0.29, 0.717) is 23.0 Å². The fourth-order valence-electron chi connectivity index (χ4n) is 2.85. The van der Waals surface area contributed by atoms with E-state index in [9.17, 15) is 10.1 Å². The van der Waals surface area contributed by atoms with Crippen molar-refractivity contribution >= 4 is 17.3 Å². The van der Waals surface area contributed by atoms with Crippen molar-refractivity contribution in [2.24, 2.45) is 5.92 Å². The first-order valence-corrected chi connectivity index (χ1v) is 7.84. The molecule has 0 spiro atoms. The first-order valence-electron chi connectivity index (χ1n) is 7.46. The van der Waals surface area contributed by atoms with E-state index < -0.39 is 0 Å². The van der Waals surface area contributed by atoms with Gasteiger partial charge < -0.3 is 5.32 Å². The Bertz CT molecular complexity index is 490. The number of nitro groups is 1. The maximum absolute atomic E-state index is 11.2. The summed E-state index contributed by atoms with van der Waals surface area (Å²) in [5.41, 5.74) is 0.734. The maximum Gasteiger partial charge on any atom is 0.275 e. The van der Waals surface area contributed by atoms with Gasteiger partial charge in [0.25, 0.3) is 5.69 Å². The zero-order valence-corrected chi connectivity index (χ0v) is 13.1. The molecule has 1 atom stereocenters. The standard InChI is InChI=1S/C15H22ClN3O2/c1-2-18(10-12-5-4-8-17-9-12)11-13-14(16)6-3-7-15(13)19(20)21/h3,6-7,12,17H,2,4-5,8-11H2,1H3. The maximum atomic E-state index is 11.2. The SMILES string of the molecule is CCN(Cc1c(Cl)cccc1[N+](=O)[O-])CC1CCCNC1. The minimum atomic E-state index is -0.350. The van der Waals surface area contributed by atoms with Crippen LogP contribution < -0.4 is 5.32 Å². The lowest BCUT2D eigenvalue weighted by Crippen LogP contribution is -2.38. The third kappa shape index (κ3) is 4.40. The van der Waals surface area contributed by atoms with Crippen molar-refractivity contribution < 1.29 is 4.92 Å². The predicted octanol–water partition coefficient (Wildman–Crippen LogP) is 3.07. The number of nitrogens with zero attached hydrogens (tertiary/aromatic N) is 2. The van der Waals surface area contributed by atoms with Crippen LogP contribution in [0, 0.1) is 16.0 Å². The zero-order chi connectivity index (χ0) is 15.2. The molecule has 21 heavy (non-hydrogen) atoms. The molecule has 1 fully saturated rings. The van der Waals surface area contributed by atoms with Crippen LogP contribution in [0.4, 0.5) is 5.69 Å². The lowest BCUT2D eigenvalue weighted by molar-refractivity contribution is -0.385. The number of halogens is 1. The van der Waals surface area contributed by atoms with Crippen molar-refractivity contribution in [3.63, 3.8) is 0 Å². The summed E-state index contributed by atoms with van der Waals surface area (Å²) in [6.45, 7) is 6.55. The Morgan fingerprint density at radius 3 is 2.95 bits per heavy atom. The molecule has 6 heteroatoms. The highest BCUT2D eigenvalue weighted by molar-refractivity contribution is 6.31. The van der Waals surface area contributed by atoms with Gasteiger partial charge in [-0.15, -0.1) is 0 Å². The minimum Gasteiger partial charge on any atom is -0.316 e.